The maximum absolute atomic E-state index is 10.8. The zero-order valence-electron chi connectivity index (χ0n) is 29.6. The number of rotatable bonds is 2. The van der Waals surface area contributed by atoms with Gasteiger partial charge >= 0.3 is 0 Å². The van der Waals surface area contributed by atoms with Crippen molar-refractivity contribution in [3.05, 3.63) is 175 Å². The Hall–Kier alpha value is -7.35. The van der Waals surface area contributed by atoms with Crippen molar-refractivity contribution >= 4 is 88.3 Å². The third-order valence-electron chi connectivity index (χ3n) is 12.5. The summed E-state index contributed by atoms with van der Waals surface area (Å²) in [5.74, 6) is 0. The highest BCUT2D eigenvalue weighted by Crippen LogP contribution is 2.49. The molecule has 0 radical (unpaired) electrons. The normalized spacial score (nSPS) is 12.7. The first kappa shape index (κ1) is 29.1. The molecule has 0 saturated heterocycles. The molecule has 2 aliphatic heterocycles. The van der Waals surface area contributed by atoms with E-state index in [1.165, 1.54) is 92.7 Å². The molecule has 13 rings (SSSR count). The zero-order valence-corrected chi connectivity index (χ0v) is 29.6. The first-order chi connectivity index (χ1) is 27.3. The van der Waals surface area contributed by atoms with Crippen molar-refractivity contribution in [3.8, 4) is 39.7 Å². The molecule has 250 valence electrons. The predicted molar refractivity (Wildman–Crippen MR) is 230 cm³/mol. The summed E-state index contributed by atoms with van der Waals surface area (Å²) in [7, 11) is 0. The molecular formula is C51H28BN3. The lowest BCUT2D eigenvalue weighted by Gasteiger charge is -2.35. The molecule has 0 N–H and O–H groups in total. The van der Waals surface area contributed by atoms with Gasteiger partial charge in [0.05, 0.1) is 33.7 Å². The summed E-state index contributed by atoms with van der Waals surface area (Å²) in [5, 5.41) is 20.7. The summed E-state index contributed by atoms with van der Waals surface area (Å²) in [6.07, 6.45) is 0. The molecule has 2 aliphatic rings. The Morgan fingerprint density at radius 1 is 0.418 bits per heavy atom. The Kier molecular flexibility index (Phi) is 5.52. The average molecular weight is 694 g/mol. The van der Waals surface area contributed by atoms with Crippen LogP contribution in [0.5, 0.6) is 0 Å². The Balaban J connectivity index is 1.26. The third-order valence-corrected chi connectivity index (χ3v) is 12.5. The van der Waals surface area contributed by atoms with Gasteiger partial charge in [0.1, 0.15) is 0 Å². The first-order valence-electron chi connectivity index (χ1n) is 19.0. The van der Waals surface area contributed by atoms with Gasteiger partial charge in [-0.15, -0.1) is 0 Å². The van der Waals surface area contributed by atoms with Gasteiger partial charge in [-0.25, -0.2) is 0 Å². The van der Waals surface area contributed by atoms with Crippen LogP contribution in [0.2, 0.25) is 0 Å². The van der Waals surface area contributed by atoms with Crippen LogP contribution in [0.15, 0.2) is 170 Å². The quantitative estimate of drug-likeness (QED) is 0.166. The third kappa shape index (κ3) is 3.60. The lowest BCUT2D eigenvalue weighted by molar-refractivity contribution is 1.18. The van der Waals surface area contributed by atoms with Crippen molar-refractivity contribution in [1.29, 1.82) is 5.26 Å². The Morgan fingerprint density at radius 3 is 1.35 bits per heavy atom. The van der Waals surface area contributed by atoms with Crippen LogP contribution in [-0.2, 0) is 0 Å². The molecule has 0 amide bonds. The highest BCUT2D eigenvalue weighted by molar-refractivity contribution is 7.01. The summed E-state index contributed by atoms with van der Waals surface area (Å²) in [5.41, 5.74) is 16.4. The summed E-state index contributed by atoms with van der Waals surface area (Å²) in [6, 6.07) is 64.5. The van der Waals surface area contributed by atoms with Crippen LogP contribution >= 0.6 is 0 Å². The van der Waals surface area contributed by atoms with Crippen molar-refractivity contribution in [2.75, 3.05) is 0 Å². The molecule has 0 bridgehead atoms. The van der Waals surface area contributed by atoms with Crippen molar-refractivity contribution in [2.24, 2.45) is 0 Å². The number of nitriles is 1. The SMILES string of the molecule is N#Cc1cc2c3c(c1)-c1c4c(cccc4cc4c1c1ccccc1n4-c1ccccc1)B3c1cccc3cc4c(c-2c13)c1ccccc1n4-c1ccccc1. The van der Waals surface area contributed by atoms with E-state index in [0.29, 0.717) is 5.56 Å². The molecule has 0 fully saturated rings. The predicted octanol–water partition coefficient (Wildman–Crippen LogP) is 10.5. The molecule has 2 aromatic heterocycles. The number of benzene rings is 9. The molecular weight excluding hydrogens is 665 g/mol. The fourth-order valence-electron chi connectivity index (χ4n) is 10.5. The van der Waals surface area contributed by atoms with Gasteiger partial charge in [0, 0.05) is 32.9 Å². The van der Waals surface area contributed by atoms with E-state index in [1.807, 2.05) is 0 Å². The number of para-hydroxylation sites is 4. The molecule has 0 saturated carbocycles. The molecule has 9 aromatic carbocycles. The number of hydrogen-bond acceptors (Lipinski definition) is 1. The van der Waals surface area contributed by atoms with Crippen molar-refractivity contribution in [3.63, 3.8) is 0 Å². The molecule has 55 heavy (non-hydrogen) atoms. The van der Waals surface area contributed by atoms with E-state index in [0.717, 1.165) is 22.5 Å². The highest BCUT2D eigenvalue weighted by atomic mass is 15.0. The van der Waals surface area contributed by atoms with Gasteiger partial charge in [0.15, 0.2) is 0 Å². The maximum atomic E-state index is 10.8. The average Bonchev–Trinajstić information content (AvgIpc) is 3.75. The van der Waals surface area contributed by atoms with Gasteiger partial charge in [-0.3, -0.25) is 0 Å². The van der Waals surface area contributed by atoms with Crippen LogP contribution in [0.1, 0.15) is 5.56 Å². The van der Waals surface area contributed by atoms with E-state index >= 15 is 0 Å². The van der Waals surface area contributed by atoms with Crippen LogP contribution in [-0.4, -0.2) is 15.8 Å². The fourth-order valence-corrected chi connectivity index (χ4v) is 10.5. The van der Waals surface area contributed by atoms with E-state index in [2.05, 4.69) is 185 Å². The second kappa shape index (κ2) is 10.4. The summed E-state index contributed by atoms with van der Waals surface area (Å²) < 4.78 is 4.83. The molecule has 0 atom stereocenters. The molecule has 4 heteroatoms. The summed E-state index contributed by atoms with van der Waals surface area (Å²) in [6.45, 7) is 0.0185. The van der Waals surface area contributed by atoms with Gasteiger partial charge < -0.3 is 9.13 Å². The van der Waals surface area contributed by atoms with Crippen LogP contribution in [0, 0.1) is 11.3 Å². The van der Waals surface area contributed by atoms with Crippen LogP contribution < -0.4 is 16.4 Å². The topological polar surface area (TPSA) is 33.6 Å². The van der Waals surface area contributed by atoms with Gasteiger partial charge in [0.2, 0.25) is 6.71 Å². The Bertz CT molecular complexity index is 3320. The molecule has 0 unspecified atom stereocenters. The molecule has 0 aliphatic carbocycles. The lowest BCUT2D eigenvalue weighted by Crippen LogP contribution is -2.57. The Morgan fingerprint density at radius 2 is 0.873 bits per heavy atom. The number of hydrogen-bond donors (Lipinski definition) is 0. The highest BCUT2D eigenvalue weighted by Gasteiger charge is 2.41. The van der Waals surface area contributed by atoms with E-state index in [1.54, 1.807) is 0 Å². The fraction of sp³-hybridized carbons (Fsp3) is 0. The van der Waals surface area contributed by atoms with Gasteiger partial charge in [-0.05, 0) is 104 Å². The monoisotopic (exact) mass is 693 g/mol. The molecule has 3 nitrogen and oxygen atoms in total. The molecule has 4 heterocycles. The van der Waals surface area contributed by atoms with Gasteiger partial charge in [-0.1, -0.05) is 126 Å². The summed E-state index contributed by atoms with van der Waals surface area (Å²) in [4.78, 5) is 0. The molecule has 11 aromatic rings. The van der Waals surface area contributed by atoms with Gasteiger partial charge in [0.25, 0.3) is 0 Å². The number of fused-ring (bicyclic) bond motifs is 12. The zero-order chi connectivity index (χ0) is 35.9. The van der Waals surface area contributed by atoms with E-state index in [9.17, 15) is 5.26 Å². The number of nitrogens with zero attached hydrogens (tertiary/aromatic N) is 3. The molecule has 0 spiro atoms. The minimum atomic E-state index is 0.0185. The Labute approximate surface area is 316 Å². The van der Waals surface area contributed by atoms with Crippen LogP contribution in [0.3, 0.4) is 0 Å². The first-order valence-corrected chi connectivity index (χ1v) is 19.0. The van der Waals surface area contributed by atoms with Crippen LogP contribution in [0.25, 0.3) is 98.8 Å². The smallest absolute Gasteiger partial charge is 0.244 e. The van der Waals surface area contributed by atoms with E-state index in [-0.39, 0.29) is 6.71 Å². The van der Waals surface area contributed by atoms with Crippen molar-refractivity contribution in [1.82, 2.24) is 9.13 Å². The standard InChI is InChI=1S/C51H28BN3/c53-29-30-25-37-49-45-31(27-43-47(49)35-19-7-9-23-41(35)54(43)33-15-3-1-4-16-33)13-11-21-39(45)52-40-22-12-14-32-28-44-48(50(46(32)40)38(26-30)51(37)52)36-20-8-10-24-42(36)55(44)34-17-5-2-6-18-34/h1-28H. The minimum Gasteiger partial charge on any atom is -0.309 e. The second-order valence-electron chi connectivity index (χ2n) is 15.1. The van der Waals surface area contributed by atoms with Crippen molar-refractivity contribution < 1.29 is 0 Å². The van der Waals surface area contributed by atoms with Crippen molar-refractivity contribution in [2.45, 2.75) is 0 Å². The number of aromatic nitrogens is 2. The second-order valence-corrected chi connectivity index (χ2v) is 15.1. The lowest BCUT2D eigenvalue weighted by atomic mass is 9.31. The van der Waals surface area contributed by atoms with E-state index < -0.39 is 0 Å². The maximum Gasteiger partial charge on any atom is 0.244 e. The van der Waals surface area contributed by atoms with Gasteiger partial charge in [-0.2, -0.15) is 5.26 Å². The minimum absolute atomic E-state index is 0.0185. The van der Waals surface area contributed by atoms with E-state index in [4.69, 9.17) is 0 Å². The van der Waals surface area contributed by atoms with Crippen LogP contribution in [0.4, 0.5) is 0 Å². The largest absolute Gasteiger partial charge is 0.309 e. The summed E-state index contributed by atoms with van der Waals surface area (Å²) >= 11 is 0.